The molecule has 1 atom stereocenters. The zero-order valence-corrected chi connectivity index (χ0v) is 13.6. The third-order valence-corrected chi connectivity index (χ3v) is 3.55. The van der Waals surface area contributed by atoms with Crippen molar-refractivity contribution >= 4 is 29.2 Å². The highest BCUT2D eigenvalue weighted by molar-refractivity contribution is 6.31. The molecule has 1 heterocycles. The van der Waals surface area contributed by atoms with Crippen LogP contribution in [-0.2, 0) is 9.53 Å². The van der Waals surface area contributed by atoms with Crippen molar-refractivity contribution in [2.45, 2.75) is 19.4 Å². The summed E-state index contributed by atoms with van der Waals surface area (Å²) in [4.78, 5) is 25.1. The number of anilines is 1. The second-order valence-corrected chi connectivity index (χ2v) is 5.56. The van der Waals surface area contributed by atoms with Crippen molar-refractivity contribution < 1.29 is 19.1 Å². The van der Waals surface area contributed by atoms with Gasteiger partial charge in [0.2, 0.25) is 5.91 Å². The van der Waals surface area contributed by atoms with Crippen LogP contribution in [0.5, 0.6) is 5.75 Å². The van der Waals surface area contributed by atoms with Gasteiger partial charge >= 0.3 is 6.03 Å². The summed E-state index contributed by atoms with van der Waals surface area (Å²) in [5.41, 5.74) is 5.71. The molecule has 1 aliphatic heterocycles. The van der Waals surface area contributed by atoms with Gasteiger partial charge < -0.3 is 25.4 Å². The van der Waals surface area contributed by atoms with Crippen LogP contribution in [-0.4, -0.2) is 49.2 Å². The summed E-state index contributed by atoms with van der Waals surface area (Å²) in [7, 11) is 0. The summed E-state index contributed by atoms with van der Waals surface area (Å²) in [5, 5.41) is 3.25. The topological polar surface area (TPSA) is 93.9 Å². The first-order valence-electron chi connectivity index (χ1n) is 7.40. The average molecular weight is 342 g/mol. The van der Waals surface area contributed by atoms with Gasteiger partial charge in [0, 0.05) is 11.6 Å². The van der Waals surface area contributed by atoms with Crippen LogP contribution in [0.15, 0.2) is 18.2 Å². The maximum absolute atomic E-state index is 12.4. The van der Waals surface area contributed by atoms with Gasteiger partial charge in [0.1, 0.15) is 5.75 Å². The molecule has 0 spiro atoms. The fourth-order valence-corrected chi connectivity index (χ4v) is 2.31. The van der Waals surface area contributed by atoms with E-state index in [9.17, 15) is 9.59 Å². The molecule has 3 amide bonds. The Morgan fingerprint density at radius 3 is 3.00 bits per heavy atom. The van der Waals surface area contributed by atoms with E-state index in [1.54, 1.807) is 18.2 Å². The van der Waals surface area contributed by atoms with Crippen LogP contribution >= 0.6 is 11.6 Å². The van der Waals surface area contributed by atoms with E-state index >= 15 is 0 Å². The minimum Gasteiger partial charge on any atom is -0.491 e. The lowest BCUT2D eigenvalue weighted by Crippen LogP contribution is -2.51. The lowest BCUT2D eigenvalue weighted by atomic mass is 10.2. The molecule has 1 aliphatic rings. The standard InChI is InChI=1S/C15H20ClN3O4/c1-2-6-22-12-4-3-10(16)8-11(12)18-15(21)19-5-7-23-13(9-19)14(17)20/h3-4,8,13H,2,5-7,9H2,1H3,(H2,17,20)(H,18,21)/t13-/m1/s1. The van der Waals surface area contributed by atoms with Crippen molar-refractivity contribution in [1.29, 1.82) is 0 Å². The Balaban J connectivity index is 2.07. The first kappa shape index (κ1) is 17.4. The summed E-state index contributed by atoms with van der Waals surface area (Å²) < 4.78 is 10.8. The molecule has 23 heavy (non-hydrogen) atoms. The van der Waals surface area contributed by atoms with Gasteiger partial charge in [0.25, 0.3) is 0 Å². The molecule has 0 radical (unpaired) electrons. The van der Waals surface area contributed by atoms with Gasteiger partial charge in [-0.25, -0.2) is 4.79 Å². The van der Waals surface area contributed by atoms with E-state index in [0.29, 0.717) is 29.6 Å². The number of hydrogen-bond acceptors (Lipinski definition) is 4. The number of halogens is 1. The number of hydrogen-bond donors (Lipinski definition) is 2. The fraction of sp³-hybridized carbons (Fsp3) is 0.467. The SMILES string of the molecule is CCCOc1ccc(Cl)cc1NC(=O)N1CCO[C@@H](C(N)=O)C1. The number of morpholine rings is 1. The van der Waals surface area contributed by atoms with Gasteiger partial charge in [0.15, 0.2) is 6.10 Å². The molecule has 7 nitrogen and oxygen atoms in total. The van der Waals surface area contributed by atoms with Crippen molar-refractivity contribution in [1.82, 2.24) is 4.90 Å². The maximum Gasteiger partial charge on any atom is 0.322 e. The van der Waals surface area contributed by atoms with Crippen LogP contribution in [0.25, 0.3) is 0 Å². The van der Waals surface area contributed by atoms with E-state index in [2.05, 4.69) is 5.32 Å². The first-order valence-corrected chi connectivity index (χ1v) is 7.78. The Hall–Kier alpha value is -1.99. The molecule has 0 unspecified atom stereocenters. The molecule has 0 bridgehead atoms. The predicted molar refractivity (Wildman–Crippen MR) is 86.8 cm³/mol. The molecule has 3 N–H and O–H groups in total. The predicted octanol–water partition coefficient (Wildman–Crippen LogP) is 1.85. The van der Waals surface area contributed by atoms with Gasteiger partial charge in [-0.15, -0.1) is 0 Å². The lowest BCUT2D eigenvalue weighted by molar-refractivity contribution is -0.133. The molecule has 1 saturated heterocycles. The minimum absolute atomic E-state index is 0.118. The molecule has 1 aromatic rings. The Bertz CT molecular complexity index is 582. The number of benzene rings is 1. The summed E-state index contributed by atoms with van der Waals surface area (Å²) in [5.74, 6) is -0.0402. The van der Waals surface area contributed by atoms with Crippen molar-refractivity contribution in [2.75, 3.05) is 31.6 Å². The summed E-state index contributed by atoms with van der Waals surface area (Å²) in [6.45, 7) is 3.28. The summed E-state index contributed by atoms with van der Waals surface area (Å²) in [6, 6.07) is 4.67. The zero-order valence-electron chi connectivity index (χ0n) is 12.9. The number of urea groups is 1. The van der Waals surface area contributed by atoms with Crippen molar-refractivity contribution in [3.63, 3.8) is 0 Å². The van der Waals surface area contributed by atoms with Crippen LogP contribution in [0.4, 0.5) is 10.5 Å². The Morgan fingerprint density at radius 1 is 1.52 bits per heavy atom. The molecule has 1 fully saturated rings. The van der Waals surface area contributed by atoms with Crippen LogP contribution < -0.4 is 15.8 Å². The van der Waals surface area contributed by atoms with E-state index in [-0.39, 0.29) is 19.2 Å². The highest BCUT2D eigenvalue weighted by Gasteiger charge is 2.28. The van der Waals surface area contributed by atoms with Crippen LogP contribution in [0.1, 0.15) is 13.3 Å². The molecule has 0 aromatic heterocycles. The second-order valence-electron chi connectivity index (χ2n) is 5.13. The normalized spacial score (nSPS) is 17.7. The van der Waals surface area contributed by atoms with E-state index in [1.165, 1.54) is 4.90 Å². The Labute approximate surface area is 139 Å². The van der Waals surface area contributed by atoms with Gasteiger partial charge in [0.05, 0.1) is 25.4 Å². The number of carbonyl (C=O) groups is 2. The molecule has 1 aromatic carbocycles. The monoisotopic (exact) mass is 341 g/mol. The largest absolute Gasteiger partial charge is 0.491 e. The number of rotatable bonds is 5. The number of primary amides is 1. The van der Waals surface area contributed by atoms with Crippen LogP contribution in [0.2, 0.25) is 5.02 Å². The molecular formula is C15H20ClN3O4. The van der Waals surface area contributed by atoms with Crippen molar-refractivity contribution in [2.24, 2.45) is 5.73 Å². The summed E-state index contributed by atoms with van der Waals surface area (Å²) in [6.07, 6.45) is 0.0597. The van der Waals surface area contributed by atoms with Crippen LogP contribution in [0, 0.1) is 0 Å². The lowest BCUT2D eigenvalue weighted by Gasteiger charge is -2.31. The van der Waals surface area contributed by atoms with E-state index in [1.807, 2.05) is 6.92 Å². The fourth-order valence-electron chi connectivity index (χ4n) is 2.14. The van der Waals surface area contributed by atoms with E-state index in [4.69, 9.17) is 26.8 Å². The van der Waals surface area contributed by atoms with Gasteiger partial charge in [-0.05, 0) is 24.6 Å². The van der Waals surface area contributed by atoms with E-state index in [0.717, 1.165) is 6.42 Å². The Kier molecular flexibility index (Phi) is 6.06. The van der Waals surface area contributed by atoms with Crippen LogP contribution in [0.3, 0.4) is 0 Å². The average Bonchev–Trinajstić information content (AvgIpc) is 2.54. The van der Waals surface area contributed by atoms with Crippen molar-refractivity contribution in [3.05, 3.63) is 23.2 Å². The molecular weight excluding hydrogens is 322 g/mol. The van der Waals surface area contributed by atoms with Gasteiger partial charge in [-0.1, -0.05) is 18.5 Å². The number of nitrogens with two attached hydrogens (primary N) is 1. The second kappa shape index (κ2) is 8.03. The zero-order chi connectivity index (χ0) is 16.8. The smallest absolute Gasteiger partial charge is 0.322 e. The molecule has 8 heteroatoms. The molecule has 0 aliphatic carbocycles. The van der Waals surface area contributed by atoms with Crippen molar-refractivity contribution in [3.8, 4) is 5.75 Å². The highest BCUT2D eigenvalue weighted by Crippen LogP contribution is 2.28. The Morgan fingerprint density at radius 2 is 2.30 bits per heavy atom. The number of nitrogens with one attached hydrogen (secondary N) is 1. The molecule has 2 rings (SSSR count). The quantitative estimate of drug-likeness (QED) is 0.854. The maximum atomic E-state index is 12.4. The first-order chi connectivity index (χ1) is 11.0. The van der Waals surface area contributed by atoms with Gasteiger partial charge in [-0.3, -0.25) is 4.79 Å². The minimum atomic E-state index is -0.787. The third-order valence-electron chi connectivity index (χ3n) is 3.32. The van der Waals surface area contributed by atoms with E-state index < -0.39 is 12.0 Å². The molecule has 126 valence electrons. The number of amides is 3. The van der Waals surface area contributed by atoms with Gasteiger partial charge in [-0.2, -0.15) is 0 Å². The molecule has 0 saturated carbocycles. The number of ether oxygens (including phenoxy) is 2. The highest BCUT2D eigenvalue weighted by atomic mass is 35.5. The third kappa shape index (κ3) is 4.74. The summed E-state index contributed by atoms with van der Waals surface area (Å²) >= 11 is 5.98. The number of nitrogens with zero attached hydrogens (tertiary/aromatic N) is 1. The number of carbonyl (C=O) groups excluding carboxylic acids is 2.